The first-order valence-electron chi connectivity index (χ1n) is 5.73. The number of halogens is 1. The zero-order chi connectivity index (χ0) is 12.8. The van der Waals surface area contributed by atoms with E-state index in [1.54, 1.807) is 20.3 Å². The summed E-state index contributed by atoms with van der Waals surface area (Å²) < 4.78 is 10.5. The number of anilines is 1. The first kappa shape index (κ1) is 14.0. The van der Waals surface area contributed by atoms with Crippen LogP contribution in [0.2, 0.25) is 5.02 Å². The van der Waals surface area contributed by atoms with Gasteiger partial charge in [0.25, 0.3) is 0 Å². The highest BCUT2D eigenvalue weighted by Crippen LogP contribution is 2.35. The molecule has 1 aromatic rings. The van der Waals surface area contributed by atoms with E-state index in [1.807, 2.05) is 6.07 Å². The molecule has 1 aromatic carbocycles. The first-order chi connectivity index (χ1) is 8.08. The van der Waals surface area contributed by atoms with Gasteiger partial charge in [-0.15, -0.1) is 0 Å². The van der Waals surface area contributed by atoms with Crippen molar-refractivity contribution in [2.24, 2.45) is 5.92 Å². The molecule has 17 heavy (non-hydrogen) atoms. The number of hydrogen-bond donors (Lipinski definition) is 1. The minimum Gasteiger partial charge on any atom is -0.495 e. The fourth-order valence-electron chi connectivity index (χ4n) is 1.49. The second-order valence-corrected chi connectivity index (χ2v) is 4.70. The molecule has 0 amide bonds. The lowest BCUT2D eigenvalue weighted by Gasteiger charge is -2.14. The Morgan fingerprint density at radius 2 is 1.82 bits per heavy atom. The molecule has 0 bridgehead atoms. The van der Waals surface area contributed by atoms with Crippen LogP contribution in [0.5, 0.6) is 11.5 Å². The predicted molar refractivity (Wildman–Crippen MR) is 72.5 cm³/mol. The van der Waals surface area contributed by atoms with Crippen LogP contribution >= 0.6 is 11.6 Å². The Labute approximate surface area is 108 Å². The lowest BCUT2D eigenvalue weighted by Crippen LogP contribution is -2.06. The van der Waals surface area contributed by atoms with E-state index in [0.29, 0.717) is 16.7 Å². The van der Waals surface area contributed by atoms with Gasteiger partial charge >= 0.3 is 0 Å². The number of benzene rings is 1. The molecule has 3 nitrogen and oxygen atoms in total. The topological polar surface area (TPSA) is 30.5 Å². The Morgan fingerprint density at radius 3 is 2.35 bits per heavy atom. The summed E-state index contributed by atoms with van der Waals surface area (Å²) in [6, 6.07) is 3.62. The summed E-state index contributed by atoms with van der Waals surface area (Å²) in [6.45, 7) is 5.29. The largest absolute Gasteiger partial charge is 0.495 e. The van der Waals surface area contributed by atoms with Crippen molar-refractivity contribution in [2.45, 2.75) is 20.3 Å². The molecule has 0 aromatic heterocycles. The molecule has 0 spiro atoms. The van der Waals surface area contributed by atoms with Crippen LogP contribution in [-0.2, 0) is 0 Å². The summed E-state index contributed by atoms with van der Waals surface area (Å²) in [5.74, 6) is 2.06. The molecule has 0 aliphatic heterocycles. The van der Waals surface area contributed by atoms with Crippen LogP contribution < -0.4 is 14.8 Å². The van der Waals surface area contributed by atoms with Crippen LogP contribution in [0.4, 0.5) is 5.69 Å². The van der Waals surface area contributed by atoms with Crippen molar-refractivity contribution in [1.29, 1.82) is 0 Å². The van der Waals surface area contributed by atoms with E-state index in [9.17, 15) is 0 Å². The highest BCUT2D eigenvalue weighted by molar-refractivity contribution is 6.32. The summed E-state index contributed by atoms with van der Waals surface area (Å²) >= 11 is 6.03. The normalized spacial score (nSPS) is 10.5. The van der Waals surface area contributed by atoms with Gasteiger partial charge in [0.1, 0.15) is 11.5 Å². The van der Waals surface area contributed by atoms with Gasteiger partial charge in [-0.3, -0.25) is 0 Å². The molecule has 0 saturated heterocycles. The van der Waals surface area contributed by atoms with Gasteiger partial charge in [-0.1, -0.05) is 25.4 Å². The molecular formula is C13H20ClNO2. The van der Waals surface area contributed by atoms with E-state index in [4.69, 9.17) is 21.1 Å². The minimum atomic E-state index is 0.554. The molecule has 0 radical (unpaired) electrons. The summed E-state index contributed by atoms with van der Waals surface area (Å²) in [4.78, 5) is 0. The molecule has 1 rings (SSSR count). The maximum Gasteiger partial charge on any atom is 0.143 e. The van der Waals surface area contributed by atoms with Crippen molar-refractivity contribution in [1.82, 2.24) is 0 Å². The summed E-state index contributed by atoms with van der Waals surface area (Å²) in [5, 5.41) is 3.89. The fraction of sp³-hybridized carbons (Fsp3) is 0.538. The second kappa shape index (κ2) is 6.60. The van der Waals surface area contributed by atoms with E-state index in [0.717, 1.165) is 24.4 Å². The van der Waals surface area contributed by atoms with Crippen LogP contribution in [-0.4, -0.2) is 20.8 Å². The van der Waals surface area contributed by atoms with Crippen LogP contribution in [0, 0.1) is 5.92 Å². The third-order valence-electron chi connectivity index (χ3n) is 2.51. The molecule has 0 aliphatic carbocycles. The Morgan fingerprint density at radius 1 is 1.18 bits per heavy atom. The van der Waals surface area contributed by atoms with Crippen LogP contribution in [0.3, 0.4) is 0 Å². The Hall–Kier alpha value is -1.09. The zero-order valence-corrected chi connectivity index (χ0v) is 11.6. The lowest BCUT2D eigenvalue weighted by atomic mass is 10.1. The maximum atomic E-state index is 6.03. The molecule has 0 fully saturated rings. The summed E-state index contributed by atoms with van der Waals surface area (Å²) in [6.07, 6.45) is 1.11. The van der Waals surface area contributed by atoms with Gasteiger partial charge in [-0.25, -0.2) is 0 Å². The molecule has 96 valence electrons. The minimum absolute atomic E-state index is 0.554. The summed E-state index contributed by atoms with van der Waals surface area (Å²) in [7, 11) is 3.23. The van der Waals surface area contributed by atoms with Gasteiger partial charge in [0, 0.05) is 18.7 Å². The maximum absolute atomic E-state index is 6.03. The summed E-state index contributed by atoms with van der Waals surface area (Å²) in [5.41, 5.74) is 0.911. The van der Waals surface area contributed by atoms with Crippen molar-refractivity contribution in [2.75, 3.05) is 26.1 Å². The third-order valence-corrected chi connectivity index (χ3v) is 2.81. The Kier molecular flexibility index (Phi) is 5.42. The molecular weight excluding hydrogens is 238 g/mol. The van der Waals surface area contributed by atoms with Gasteiger partial charge in [-0.05, 0) is 12.3 Å². The number of rotatable bonds is 6. The number of ether oxygens (including phenoxy) is 2. The average molecular weight is 258 g/mol. The van der Waals surface area contributed by atoms with E-state index < -0.39 is 0 Å². The van der Waals surface area contributed by atoms with Crippen molar-refractivity contribution in [3.8, 4) is 11.5 Å². The van der Waals surface area contributed by atoms with Gasteiger partial charge in [0.15, 0.2) is 0 Å². The number of hydrogen-bond acceptors (Lipinski definition) is 3. The molecule has 1 N–H and O–H groups in total. The Bertz CT molecular complexity index is 367. The zero-order valence-electron chi connectivity index (χ0n) is 10.8. The third kappa shape index (κ3) is 4.00. The molecule has 0 aliphatic rings. The monoisotopic (exact) mass is 257 g/mol. The molecule has 0 atom stereocenters. The average Bonchev–Trinajstić information content (AvgIpc) is 2.30. The molecule has 0 heterocycles. The molecule has 0 saturated carbocycles. The quantitative estimate of drug-likeness (QED) is 0.841. The van der Waals surface area contributed by atoms with E-state index in [-0.39, 0.29) is 0 Å². The van der Waals surface area contributed by atoms with Crippen LogP contribution in [0.1, 0.15) is 20.3 Å². The van der Waals surface area contributed by atoms with Gasteiger partial charge in [-0.2, -0.15) is 0 Å². The molecule has 4 heteroatoms. The van der Waals surface area contributed by atoms with Gasteiger partial charge in [0.2, 0.25) is 0 Å². The smallest absolute Gasteiger partial charge is 0.143 e. The first-order valence-corrected chi connectivity index (χ1v) is 6.11. The second-order valence-electron chi connectivity index (χ2n) is 4.30. The van der Waals surface area contributed by atoms with Gasteiger partial charge < -0.3 is 14.8 Å². The highest BCUT2D eigenvalue weighted by Gasteiger charge is 2.09. The van der Waals surface area contributed by atoms with Crippen molar-refractivity contribution >= 4 is 17.3 Å². The van der Waals surface area contributed by atoms with Crippen molar-refractivity contribution in [3.63, 3.8) is 0 Å². The van der Waals surface area contributed by atoms with E-state index >= 15 is 0 Å². The van der Waals surface area contributed by atoms with Crippen molar-refractivity contribution in [3.05, 3.63) is 17.2 Å². The lowest BCUT2D eigenvalue weighted by molar-refractivity contribution is 0.404. The van der Waals surface area contributed by atoms with Crippen LogP contribution in [0.15, 0.2) is 12.1 Å². The molecule has 0 unspecified atom stereocenters. The number of methoxy groups -OCH3 is 2. The highest BCUT2D eigenvalue weighted by atomic mass is 35.5. The SMILES string of the molecule is COc1cc(NCCC(C)C)c(OC)cc1Cl. The van der Waals surface area contributed by atoms with Gasteiger partial charge in [0.05, 0.1) is 24.9 Å². The predicted octanol–water partition coefficient (Wildman–Crippen LogP) is 3.82. The standard InChI is InChI=1S/C13H20ClNO2/c1-9(2)5-6-15-11-8-12(16-3)10(14)7-13(11)17-4/h7-9,15H,5-6H2,1-4H3. The van der Waals surface area contributed by atoms with Crippen LogP contribution in [0.25, 0.3) is 0 Å². The fourth-order valence-corrected chi connectivity index (χ4v) is 1.72. The Balaban J connectivity index is 2.81. The van der Waals surface area contributed by atoms with E-state index in [2.05, 4.69) is 19.2 Å². The van der Waals surface area contributed by atoms with E-state index in [1.165, 1.54) is 0 Å². The number of nitrogens with one attached hydrogen (secondary N) is 1. The van der Waals surface area contributed by atoms with Crippen molar-refractivity contribution < 1.29 is 9.47 Å².